The lowest BCUT2D eigenvalue weighted by atomic mass is 10.2. The number of aromatic nitrogens is 1. The number of carbonyl (C=O) groups is 1. The molecule has 0 radical (unpaired) electrons. The summed E-state index contributed by atoms with van der Waals surface area (Å²) >= 11 is 0. The van der Waals surface area contributed by atoms with E-state index in [-0.39, 0.29) is 12.1 Å². The zero-order valence-corrected chi connectivity index (χ0v) is 8.22. The smallest absolute Gasteiger partial charge is 0.311 e. The highest BCUT2D eigenvalue weighted by Gasteiger charge is 2.19. The Morgan fingerprint density at radius 3 is 2.62 bits per heavy atom. The molecule has 0 aliphatic carbocycles. The van der Waals surface area contributed by atoms with Gasteiger partial charge in [-0.2, -0.15) is 0 Å². The quantitative estimate of drug-likeness (QED) is 0.800. The zero-order valence-electron chi connectivity index (χ0n) is 8.22. The lowest BCUT2D eigenvalue weighted by Crippen LogP contribution is -2.19. The van der Waals surface area contributed by atoms with Crippen LogP contribution in [0.15, 0.2) is 10.9 Å². The molecule has 0 spiro atoms. The Balaban J connectivity index is 3.10. The van der Waals surface area contributed by atoms with E-state index in [4.69, 9.17) is 0 Å². The summed E-state index contributed by atoms with van der Waals surface area (Å²) < 4.78 is 41.7. The Morgan fingerprint density at radius 1 is 1.56 bits per heavy atom. The lowest BCUT2D eigenvalue weighted by Gasteiger charge is -2.04. The first-order valence-electron chi connectivity index (χ1n) is 4.22. The molecular formula is C9H8F3NO3. The Morgan fingerprint density at radius 2 is 2.19 bits per heavy atom. The first-order valence-corrected chi connectivity index (χ1v) is 4.22. The van der Waals surface area contributed by atoms with Crippen LogP contribution in [0.1, 0.15) is 17.7 Å². The summed E-state index contributed by atoms with van der Waals surface area (Å²) in [5.41, 5.74) is -2.58. The maximum Gasteiger partial charge on any atom is 0.311 e. The fourth-order valence-electron chi connectivity index (χ4n) is 1.11. The first kappa shape index (κ1) is 12.3. The van der Waals surface area contributed by atoms with Crippen molar-refractivity contribution >= 4 is 5.97 Å². The summed E-state index contributed by atoms with van der Waals surface area (Å²) in [5.74, 6) is -2.04. The van der Waals surface area contributed by atoms with Crippen LogP contribution in [-0.2, 0) is 16.0 Å². The number of esters is 1. The molecule has 0 saturated heterocycles. The largest absolute Gasteiger partial charge is 0.469 e. The van der Waals surface area contributed by atoms with Crippen LogP contribution in [0.2, 0.25) is 0 Å². The molecule has 0 amide bonds. The summed E-state index contributed by atoms with van der Waals surface area (Å²) in [7, 11) is 1.12. The molecule has 0 aromatic carbocycles. The van der Waals surface area contributed by atoms with Crippen LogP contribution >= 0.6 is 0 Å². The van der Waals surface area contributed by atoms with Crippen molar-refractivity contribution < 1.29 is 22.7 Å². The number of hydrogen-bond acceptors (Lipinski definition) is 3. The summed E-state index contributed by atoms with van der Waals surface area (Å²) in [4.78, 5) is 23.8. The molecule has 1 aromatic rings. The first-order chi connectivity index (χ1) is 7.45. The molecule has 0 unspecified atom stereocenters. The normalized spacial score (nSPS) is 10.6. The highest BCUT2D eigenvalue weighted by molar-refractivity contribution is 5.71. The summed E-state index contributed by atoms with van der Waals surface area (Å²) in [5, 5.41) is 0. The molecule has 0 fully saturated rings. The summed E-state index contributed by atoms with van der Waals surface area (Å²) in [6.07, 6.45) is -3.58. The van der Waals surface area contributed by atoms with Crippen molar-refractivity contribution in [3.8, 4) is 0 Å². The molecule has 1 aromatic heterocycles. The Kier molecular flexibility index (Phi) is 3.70. The van der Waals surface area contributed by atoms with Crippen LogP contribution in [0.4, 0.5) is 13.2 Å². The number of hydrogen-bond donors (Lipinski definition) is 1. The number of methoxy groups -OCH3 is 1. The van der Waals surface area contributed by atoms with Gasteiger partial charge in [0.15, 0.2) is 0 Å². The molecular weight excluding hydrogens is 227 g/mol. The molecule has 0 aliphatic rings. The number of nitrogens with one attached hydrogen (secondary N) is 1. The Hall–Kier alpha value is -1.79. The number of alkyl halides is 2. The van der Waals surface area contributed by atoms with Crippen LogP contribution in [0.5, 0.6) is 0 Å². The SMILES string of the molecule is COC(=O)Cc1cc(F)c(C(F)F)c(=O)[nH]1. The van der Waals surface area contributed by atoms with E-state index in [1.54, 1.807) is 0 Å². The minimum Gasteiger partial charge on any atom is -0.469 e. The van der Waals surface area contributed by atoms with Crippen molar-refractivity contribution in [3.05, 3.63) is 33.5 Å². The van der Waals surface area contributed by atoms with Crippen LogP contribution < -0.4 is 5.56 Å². The van der Waals surface area contributed by atoms with Gasteiger partial charge in [0.2, 0.25) is 0 Å². The van der Waals surface area contributed by atoms with E-state index in [1.165, 1.54) is 0 Å². The second kappa shape index (κ2) is 4.82. The standard InChI is InChI=1S/C9H8F3NO3/c1-16-6(14)3-4-2-5(10)7(8(11)12)9(15)13-4/h2,8H,3H2,1H3,(H,13,15). The second-order valence-electron chi connectivity index (χ2n) is 2.94. The van der Waals surface area contributed by atoms with Gasteiger partial charge in [-0.25, -0.2) is 13.2 Å². The van der Waals surface area contributed by atoms with E-state index in [0.29, 0.717) is 6.07 Å². The van der Waals surface area contributed by atoms with Gasteiger partial charge < -0.3 is 9.72 Å². The van der Waals surface area contributed by atoms with Crippen molar-refractivity contribution in [1.82, 2.24) is 4.98 Å². The summed E-state index contributed by atoms with van der Waals surface area (Å²) in [6, 6.07) is 0.680. The van der Waals surface area contributed by atoms with Crippen LogP contribution in [0.25, 0.3) is 0 Å². The van der Waals surface area contributed by atoms with E-state index in [2.05, 4.69) is 4.74 Å². The predicted octanol–water partition coefficient (Wildman–Crippen LogP) is 1.17. The molecule has 16 heavy (non-hydrogen) atoms. The zero-order chi connectivity index (χ0) is 12.3. The van der Waals surface area contributed by atoms with Gasteiger partial charge in [-0.1, -0.05) is 0 Å². The van der Waals surface area contributed by atoms with E-state index in [1.807, 2.05) is 4.98 Å². The van der Waals surface area contributed by atoms with E-state index in [0.717, 1.165) is 7.11 Å². The molecule has 7 heteroatoms. The minimum atomic E-state index is -3.20. The van der Waals surface area contributed by atoms with Crippen molar-refractivity contribution in [2.45, 2.75) is 12.8 Å². The average molecular weight is 235 g/mol. The number of ether oxygens (including phenoxy) is 1. The topological polar surface area (TPSA) is 59.2 Å². The van der Waals surface area contributed by atoms with Crippen molar-refractivity contribution in [3.63, 3.8) is 0 Å². The third kappa shape index (κ3) is 2.62. The minimum absolute atomic E-state index is 0.112. The maximum absolute atomic E-state index is 13.1. The van der Waals surface area contributed by atoms with Gasteiger partial charge in [0.1, 0.15) is 11.4 Å². The molecule has 1 heterocycles. The molecule has 88 valence electrons. The summed E-state index contributed by atoms with van der Waals surface area (Å²) in [6.45, 7) is 0. The van der Waals surface area contributed by atoms with Gasteiger partial charge in [-0.15, -0.1) is 0 Å². The molecule has 0 atom stereocenters. The molecule has 4 nitrogen and oxygen atoms in total. The van der Waals surface area contributed by atoms with Crippen LogP contribution in [0.3, 0.4) is 0 Å². The third-order valence-electron chi connectivity index (χ3n) is 1.86. The number of carbonyl (C=O) groups excluding carboxylic acids is 1. The number of rotatable bonds is 3. The molecule has 0 saturated carbocycles. The van der Waals surface area contributed by atoms with Gasteiger partial charge in [0.05, 0.1) is 13.5 Å². The fraction of sp³-hybridized carbons (Fsp3) is 0.333. The van der Waals surface area contributed by atoms with Crippen molar-refractivity contribution in [1.29, 1.82) is 0 Å². The number of aromatic amines is 1. The van der Waals surface area contributed by atoms with E-state index < -0.39 is 29.3 Å². The van der Waals surface area contributed by atoms with Gasteiger partial charge in [0.25, 0.3) is 12.0 Å². The van der Waals surface area contributed by atoms with Gasteiger partial charge in [-0.3, -0.25) is 9.59 Å². The highest BCUT2D eigenvalue weighted by atomic mass is 19.3. The Labute approximate surface area is 88.0 Å². The van der Waals surface area contributed by atoms with Gasteiger partial charge in [-0.05, 0) is 6.07 Å². The molecule has 0 bridgehead atoms. The van der Waals surface area contributed by atoms with Crippen LogP contribution in [0, 0.1) is 5.82 Å². The number of halogens is 3. The fourth-order valence-corrected chi connectivity index (χ4v) is 1.11. The molecule has 1 rings (SSSR count). The maximum atomic E-state index is 13.1. The monoisotopic (exact) mass is 235 g/mol. The van der Waals surface area contributed by atoms with E-state index in [9.17, 15) is 22.8 Å². The number of pyridine rings is 1. The van der Waals surface area contributed by atoms with Crippen molar-refractivity contribution in [2.75, 3.05) is 7.11 Å². The van der Waals surface area contributed by atoms with Crippen molar-refractivity contribution in [2.24, 2.45) is 0 Å². The number of H-pyrrole nitrogens is 1. The predicted molar refractivity (Wildman–Crippen MR) is 47.7 cm³/mol. The molecule has 1 N–H and O–H groups in total. The highest BCUT2D eigenvalue weighted by Crippen LogP contribution is 2.18. The molecule has 0 aliphatic heterocycles. The van der Waals surface area contributed by atoms with Gasteiger partial charge in [0, 0.05) is 5.69 Å². The third-order valence-corrected chi connectivity index (χ3v) is 1.86. The van der Waals surface area contributed by atoms with Gasteiger partial charge >= 0.3 is 5.97 Å². The average Bonchev–Trinajstić information content (AvgIpc) is 2.15. The van der Waals surface area contributed by atoms with Crippen LogP contribution in [-0.4, -0.2) is 18.1 Å². The lowest BCUT2D eigenvalue weighted by molar-refractivity contribution is -0.139. The second-order valence-corrected chi connectivity index (χ2v) is 2.94. The van der Waals surface area contributed by atoms with E-state index >= 15 is 0 Å². The Bertz CT molecular complexity index is 456.